The number of benzene rings is 2. The van der Waals surface area contributed by atoms with Crippen molar-refractivity contribution in [3.8, 4) is 5.75 Å². The topological polar surface area (TPSA) is 74.4 Å². The summed E-state index contributed by atoms with van der Waals surface area (Å²) in [5.41, 5.74) is 2.06. The SMILES string of the molecule is CCCNC(=O)[C@@H]1CN(C(=O)c2cc3ccccc3[nH]2)c2ccccc2O1. The molecule has 0 radical (unpaired) electrons. The molecule has 6 nitrogen and oxygen atoms in total. The normalized spacial score (nSPS) is 15.9. The zero-order valence-electron chi connectivity index (χ0n) is 15.1. The van der Waals surface area contributed by atoms with E-state index >= 15 is 0 Å². The van der Waals surface area contributed by atoms with Crippen LogP contribution in [0.3, 0.4) is 0 Å². The van der Waals surface area contributed by atoms with E-state index in [1.165, 1.54) is 0 Å². The van der Waals surface area contributed by atoms with E-state index in [1.807, 2.05) is 55.5 Å². The second kappa shape index (κ2) is 7.15. The molecular weight excluding hydrogens is 342 g/mol. The molecule has 2 aromatic carbocycles. The van der Waals surface area contributed by atoms with Crippen molar-refractivity contribution in [2.24, 2.45) is 0 Å². The number of carbonyl (C=O) groups is 2. The average Bonchev–Trinajstić information content (AvgIpc) is 3.15. The van der Waals surface area contributed by atoms with Gasteiger partial charge in [-0.2, -0.15) is 0 Å². The maximum Gasteiger partial charge on any atom is 0.274 e. The number of nitrogens with one attached hydrogen (secondary N) is 2. The van der Waals surface area contributed by atoms with Gasteiger partial charge in [-0.25, -0.2) is 0 Å². The lowest BCUT2D eigenvalue weighted by Crippen LogP contribution is -2.51. The summed E-state index contributed by atoms with van der Waals surface area (Å²) in [5.74, 6) is 0.140. The first kappa shape index (κ1) is 17.1. The van der Waals surface area contributed by atoms with Crippen LogP contribution in [0, 0.1) is 0 Å². The van der Waals surface area contributed by atoms with Crippen molar-refractivity contribution in [3.05, 3.63) is 60.3 Å². The quantitative estimate of drug-likeness (QED) is 0.748. The standard InChI is InChI=1S/C21H21N3O3/c1-2-11-22-20(25)19-13-24(17-9-5-6-10-18(17)27-19)21(26)16-12-14-7-3-4-8-15(14)23-16/h3-10,12,19,23H,2,11,13H2,1H3,(H,22,25)/t19-/m0/s1. The average molecular weight is 363 g/mol. The Bertz CT molecular complexity index is 962. The molecule has 1 aliphatic rings. The third-order valence-corrected chi connectivity index (χ3v) is 4.62. The highest BCUT2D eigenvalue weighted by Crippen LogP contribution is 2.34. The van der Waals surface area contributed by atoms with Crippen LogP contribution in [0.25, 0.3) is 10.9 Å². The summed E-state index contributed by atoms with van der Waals surface area (Å²) in [6.45, 7) is 2.74. The van der Waals surface area contributed by atoms with Crippen LogP contribution in [0.15, 0.2) is 54.6 Å². The molecule has 0 spiro atoms. The third-order valence-electron chi connectivity index (χ3n) is 4.62. The Balaban J connectivity index is 1.67. The molecule has 0 unspecified atom stereocenters. The van der Waals surface area contributed by atoms with Gasteiger partial charge >= 0.3 is 0 Å². The summed E-state index contributed by atoms with van der Waals surface area (Å²) in [6, 6.07) is 16.9. The first-order valence-electron chi connectivity index (χ1n) is 9.10. The minimum atomic E-state index is -0.736. The number of hydrogen-bond donors (Lipinski definition) is 2. The summed E-state index contributed by atoms with van der Waals surface area (Å²) >= 11 is 0. The van der Waals surface area contributed by atoms with Crippen LogP contribution >= 0.6 is 0 Å². The molecule has 1 aromatic heterocycles. The molecular formula is C21H21N3O3. The highest BCUT2D eigenvalue weighted by atomic mass is 16.5. The number of amides is 2. The number of fused-ring (bicyclic) bond motifs is 2. The number of aromatic amines is 1. The molecule has 2 amide bonds. The number of anilines is 1. The number of ether oxygens (including phenoxy) is 1. The third kappa shape index (κ3) is 3.26. The minimum Gasteiger partial charge on any atom is -0.477 e. The summed E-state index contributed by atoms with van der Waals surface area (Å²) < 4.78 is 5.85. The van der Waals surface area contributed by atoms with Crippen LogP contribution in [-0.4, -0.2) is 36.0 Å². The molecule has 4 rings (SSSR count). The largest absolute Gasteiger partial charge is 0.477 e. The smallest absolute Gasteiger partial charge is 0.274 e. The number of H-pyrrole nitrogens is 1. The Morgan fingerprint density at radius 1 is 1.19 bits per heavy atom. The van der Waals surface area contributed by atoms with Crippen LogP contribution < -0.4 is 15.0 Å². The fourth-order valence-electron chi connectivity index (χ4n) is 3.26. The Labute approximate surface area is 157 Å². The second-order valence-corrected chi connectivity index (χ2v) is 6.55. The molecule has 0 saturated carbocycles. The molecule has 0 bridgehead atoms. The van der Waals surface area contributed by atoms with Crippen molar-refractivity contribution in [3.63, 3.8) is 0 Å². The Hall–Kier alpha value is -3.28. The van der Waals surface area contributed by atoms with Gasteiger partial charge in [-0.1, -0.05) is 37.3 Å². The highest BCUT2D eigenvalue weighted by molar-refractivity contribution is 6.09. The Kier molecular flexibility index (Phi) is 4.54. The Morgan fingerprint density at radius 3 is 2.78 bits per heavy atom. The monoisotopic (exact) mass is 363 g/mol. The van der Waals surface area contributed by atoms with E-state index in [-0.39, 0.29) is 18.4 Å². The zero-order valence-corrected chi connectivity index (χ0v) is 15.1. The number of carbonyl (C=O) groups excluding carboxylic acids is 2. The van der Waals surface area contributed by atoms with Crippen LogP contribution in [0.1, 0.15) is 23.8 Å². The van der Waals surface area contributed by atoms with Gasteiger partial charge in [-0.05, 0) is 30.7 Å². The van der Waals surface area contributed by atoms with Crippen LogP contribution in [0.2, 0.25) is 0 Å². The molecule has 0 aliphatic carbocycles. The molecule has 2 heterocycles. The van der Waals surface area contributed by atoms with E-state index in [4.69, 9.17) is 4.74 Å². The van der Waals surface area contributed by atoms with Crippen molar-refractivity contribution in [2.45, 2.75) is 19.4 Å². The van der Waals surface area contributed by atoms with Gasteiger partial charge in [-0.15, -0.1) is 0 Å². The molecule has 6 heteroatoms. The zero-order chi connectivity index (χ0) is 18.8. The predicted octanol–water partition coefficient (Wildman–Crippen LogP) is 3.10. The molecule has 1 aliphatic heterocycles. The lowest BCUT2D eigenvalue weighted by Gasteiger charge is -2.34. The second-order valence-electron chi connectivity index (χ2n) is 6.55. The summed E-state index contributed by atoms with van der Waals surface area (Å²) in [7, 11) is 0. The number of nitrogens with zero attached hydrogens (tertiary/aromatic N) is 1. The molecule has 3 aromatic rings. The van der Waals surface area contributed by atoms with Gasteiger partial charge in [0, 0.05) is 17.4 Å². The van der Waals surface area contributed by atoms with Crippen LogP contribution in [0.4, 0.5) is 5.69 Å². The molecule has 0 fully saturated rings. The summed E-state index contributed by atoms with van der Waals surface area (Å²) in [6.07, 6.45) is 0.104. The van der Waals surface area contributed by atoms with Crippen LogP contribution in [0.5, 0.6) is 5.75 Å². The summed E-state index contributed by atoms with van der Waals surface area (Å²) in [5, 5.41) is 3.82. The number of para-hydroxylation sites is 3. The van der Waals surface area contributed by atoms with Crippen molar-refractivity contribution in [1.82, 2.24) is 10.3 Å². The van der Waals surface area contributed by atoms with Gasteiger partial charge in [-0.3, -0.25) is 14.5 Å². The predicted molar refractivity (Wildman–Crippen MR) is 104 cm³/mol. The van der Waals surface area contributed by atoms with Crippen LogP contribution in [-0.2, 0) is 4.79 Å². The van der Waals surface area contributed by atoms with Gasteiger partial charge < -0.3 is 15.0 Å². The fourth-order valence-corrected chi connectivity index (χ4v) is 3.26. The molecule has 138 valence electrons. The van der Waals surface area contributed by atoms with Gasteiger partial charge in [0.1, 0.15) is 11.4 Å². The molecule has 1 atom stereocenters. The first-order valence-corrected chi connectivity index (χ1v) is 9.10. The van der Waals surface area contributed by atoms with E-state index in [9.17, 15) is 9.59 Å². The van der Waals surface area contributed by atoms with E-state index in [0.29, 0.717) is 23.7 Å². The summed E-state index contributed by atoms with van der Waals surface area (Å²) in [4.78, 5) is 30.4. The number of hydrogen-bond acceptors (Lipinski definition) is 3. The maximum atomic E-state index is 13.2. The number of aromatic nitrogens is 1. The van der Waals surface area contributed by atoms with E-state index in [2.05, 4.69) is 10.3 Å². The lowest BCUT2D eigenvalue weighted by molar-refractivity contribution is -0.127. The van der Waals surface area contributed by atoms with Gasteiger partial charge in [0.15, 0.2) is 6.10 Å². The van der Waals surface area contributed by atoms with E-state index in [1.54, 1.807) is 11.0 Å². The van der Waals surface area contributed by atoms with Crippen molar-refractivity contribution >= 4 is 28.4 Å². The molecule has 2 N–H and O–H groups in total. The van der Waals surface area contributed by atoms with Crippen molar-refractivity contribution in [2.75, 3.05) is 18.0 Å². The van der Waals surface area contributed by atoms with Gasteiger partial charge in [0.25, 0.3) is 11.8 Å². The van der Waals surface area contributed by atoms with E-state index in [0.717, 1.165) is 17.3 Å². The molecule has 27 heavy (non-hydrogen) atoms. The lowest BCUT2D eigenvalue weighted by atomic mass is 10.1. The highest BCUT2D eigenvalue weighted by Gasteiger charge is 2.34. The van der Waals surface area contributed by atoms with Crippen molar-refractivity contribution < 1.29 is 14.3 Å². The van der Waals surface area contributed by atoms with E-state index < -0.39 is 6.10 Å². The minimum absolute atomic E-state index is 0.167. The molecule has 0 saturated heterocycles. The van der Waals surface area contributed by atoms with Gasteiger partial charge in [0.05, 0.1) is 12.2 Å². The maximum absolute atomic E-state index is 13.2. The first-order chi connectivity index (χ1) is 13.2. The van der Waals surface area contributed by atoms with Gasteiger partial charge in [0.2, 0.25) is 0 Å². The Morgan fingerprint density at radius 2 is 1.96 bits per heavy atom. The fraction of sp³-hybridized carbons (Fsp3) is 0.238. The number of rotatable bonds is 4. The van der Waals surface area contributed by atoms with Crippen molar-refractivity contribution in [1.29, 1.82) is 0 Å².